The van der Waals surface area contributed by atoms with Crippen molar-refractivity contribution >= 4 is 22.0 Å². The largest absolute Gasteiger partial charge is 0.444 e. The summed E-state index contributed by atoms with van der Waals surface area (Å²) in [6.07, 6.45) is 2.97. The minimum absolute atomic E-state index is 0.300. The zero-order valence-electron chi connectivity index (χ0n) is 13.6. The molecule has 23 heavy (non-hydrogen) atoms. The average molecular weight is 378 g/mol. The zero-order chi connectivity index (χ0) is 17.0. The summed E-state index contributed by atoms with van der Waals surface area (Å²) >= 11 is 3.37. The molecule has 6 heteroatoms. The van der Waals surface area contributed by atoms with Gasteiger partial charge in [-0.05, 0) is 67.9 Å². The number of ether oxygens (including phenoxy) is 1. The maximum absolute atomic E-state index is 12.0. The highest BCUT2D eigenvalue weighted by molar-refractivity contribution is 9.10. The predicted molar refractivity (Wildman–Crippen MR) is 93.0 cm³/mol. The van der Waals surface area contributed by atoms with E-state index in [0.29, 0.717) is 0 Å². The summed E-state index contributed by atoms with van der Waals surface area (Å²) in [6, 6.07) is 7.32. The summed E-state index contributed by atoms with van der Waals surface area (Å²) in [5, 5.41) is 2.81. The highest BCUT2D eigenvalue weighted by Gasteiger charge is 2.20. The van der Waals surface area contributed by atoms with E-state index in [4.69, 9.17) is 4.74 Å². The normalized spacial score (nSPS) is 12.6. The van der Waals surface area contributed by atoms with Crippen LogP contribution in [0.2, 0.25) is 0 Å². The molecule has 2 rings (SSSR count). The van der Waals surface area contributed by atoms with Crippen LogP contribution < -0.4 is 5.32 Å². The van der Waals surface area contributed by atoms with Gasteiger partial charge in [0.25, 0.3) is 0 Å². The van der Waals surface area contributed by atoms with Gasteiger partial charge in [0.2, 0.25) is 0 Å². The topological polar surface area (TPSA) is 64.1 Å². The van der Waals surface area contributed by atoms with Gasteiger partial charge >= 0.3 is 6.09 Å². The molecule has 1 N–H and O–H groups in total. The van der Waals surface area contributed by atoms with Crippen molar-refractivity contribution in [3.05, 3.63) is 46.8 Å². The Labute approximate surface area is 144 Å². The Bertz CT molecular complexity index is 681. The monoisotopic (exact) mass is 377 g/mol. The fourth-order valence-electron chi connectivity index (χ4n) is 2.07. The van der Waals surface area contributed by atoms with Gasteiger partial charge in [0.15, 0.2) is 0 Å². The van der Waals surface area contributed by atoms with Crippen LogP contribution in [0.5, 0.6) is 0 Å². The molecule has 0 bridgehead atoms. The lowest BCUT2D eigenvalue weighted by molar-refractivity contribution is 0.0507. The lowest BCUT2D eigenvalue weighted by Gasteiger charge is -2.22. The first-order valence-corrected chi connectivity index (χ1v) is 8.12. The van der Waals surface area contributed by atoms with Crippen molar-refractivity contribution in [2.45, 2.75) is 39.3 Å². The number of halogens is 1. The van der Waals surface area contributed by atoms with E-state index in [-0.39, 0.29) is 6.04 Å². The second kappa shape index (κ2) is 7.08. The number of carbonyl (C=O) groups is 1. The molecule has 122 valence electrons. The number of hydrogen-bond donors (Lipinski definition) is 1. The maximum atomic E-state index is 12.0. The molecule has 0 aliphatic heterocycles. The van der Waals surface area contributed by atoms with Gasteiger partial charge < -0.3 is 10.1 Å². The third kappa shape index (κ3) is 5.03. The molecule has 0 aromatic carbocycles. The van der Waals surface area contributed by atoms with Crippen molar-refractivity contribution in [3.63, 3.8) is 0 Å². The lowest BCUT2D eigenvalue weighted by atomic mass is 10.0. The minimum atomic E-state index is -0.538. The van der Waals surface area contributed by atoms with Gasteiger partial charge in [-0.15, -0.1) is 0 Å². The number of nitrogens with one attached hydrogen (secondary N) is 1. The van der Waals surface area contributed by atoms with Crippen molar-refractivity contribution in [2.75, 3.05) is 0 Å². The number of alkyl carbamates (subject to hydrolysis) is 1. The Morgan fingerprint density at radius 3 is 2.61 bits per heavy atom. The molecule has 0 spiro atoms. The first-order chi connectivity index (χ1) is 10.8. The molecule has 0 saturated carbocycles. The van der Waals surface area contributed by atoms with Crippen LogP contribution in [-0.4, -0.2) is 21.7 Å². The second-order valence-corrected chi connectivity index (χ2v) is 7.08. The third-order valence-corrected chi connectivity index (χ3v) is 3.45. The van der Waals surface area contributed by atoms with Gasteiger partial charge in [0.1, 0.15) is 5.60 Å². The number of hydrogen-bond acceptors (Lipinski definition) is 4. The van der Waals surface area contributed by atoms with E-state index in [2.05, 4.69) is 31.2 Å². The van der Waals surface area contributed by atoms with E-state index < -0.39 is 11.7 Å². The second-order valence-electron chi connectivity index (χ2n) is 6.17. The fraction of sp³-hybridized carbons (Fsp3) is 0.353. The summed E-state index contributed by atoms with van der Waals surface area (Å²) in [6.45, 7) is 7.36. The van der Waals surface area contributed by atoms with Crippen LogP contribution in [0.1, 0.15) is 39.4 Å². The molecule has 1 amide bonds. The van der Waals surface area contributed by atoms with Gasteiger partial charge in [0, 0.05) is 22.4 Å². The van der Waals surface area contributed by atoms with Crippen molar-refractivity contribution in [1.29, 1.82) is 0 Å². The molecule has 5 nitrogen and oxygen atoms in total. The quantitative estimate of drug-likeness (QED) is 0.855. The Hall–Kier alpha value is -1.95. The number of nitrogens with zero attached hydrogens (tertiary/aromatic N) is 2. The number of rotatable bonds is 3. The summed E-state index contributed by atoms with van der Waals surface area (Å²) in [7, 11) is 0. The lowest BCUT2D eigenvalue weighted by Crippen LogP contribution is -2.34. The van der Waals surface area contributed by atoms with Crippen LogP contribution in [0.25, 0.3) is 11.3 Å². The van der Waals surface area contributed by atoms with Crippen LogP contribution in [0, 0.1) is 0 Å². The molecule has 0 radical (unpaired) electrons. The Balaban J connectivity index is 2.23. The van der Waals surface area contributed by atoms with Crippen LogP contribution >= 0.6 is 15.9 Å². The molecule has 1 atom stereocenters. The predicted octanol–water partition coefficient (Wildman–Crippen LogP) is 4.49. The molecule has 2 heterocycles. The Morgan fingerprint density at radius 2 is 2.00 bits per heavy atom. The van der Waals surface area contributed by atoms with E-state index >= 15 is 0 Å². The molecular formula is C17H20BrN3O2. The molecule has 0 aliphatic carbocycles. The van der Waals surface area contributed by atoms with Gasteiger partial charge in [-0.1, -0.05) is 0 Å². The zero-order valence-corrected chi connectivity index (χ0v) is 15.2. The third-order valence-electron chi connectivity index (χ3n) is 2.99. The van der Waals surface area contributed by atoms with E-state index in [9.17, 15) is 4.79 Å². The van der Waals surface area contributed by atoms with Crippen LogP contribution in [-0.2, 0) is 4.74 Å². The highest BCUT2D eigenvalue weighted by atomic mass is 79.9. The standard InChI is InChI=1S/C17H20BrN3O2/c1-11(21-16(22)23-17(2,3)4)15-13(6-5-9-19-15)14-8-7-12(18)10-20-14/h5-11H,1-4H3,(H,21,22)/t11-/m0/s1. The van der Waals surface area contributed by atoms with E-state index in [0.717, 1.165) is 21.4 Å². The summed E-state index contributed by atoms with van der Waals surface area (Å²) < 4.78 is 6.20. The van der Waals surface area contributed by atoms with Crippen molar-refractivity contribution in [1.82, 2.24) is 15.3 Å². The van der Waals surface area contributed by atoms with Gasteiger partial charge in [-0.2, -0.15) is 0 Å². The SMILES string of the molecule is C[C@H](NC(=O)OC(C)(C)C)c1ncccc1-c1ccc(Br)cn1. The molecule has 0 unspecified atom stereocenters. The summed E-state index contributed by atoms with van der Waals surface area (Å²) in [4.78, 5) is 20.8. The van der Waals surface area contributed by atoms with Crippen molar-refractivity contribution in [3.8, 4) is 11.3 Å². The first kappa shape index (κ1) is 17.4. The van der Waals surface area contributed by atoms with Gasteiger partial charge in [-0.3, -0.25) is 9.97 Å². The van der Waals surface area contributed by atoms with E-state index in [1.54, 1.807) is 12.4 Å². The van der Waals surface area contributed by atoms with Crippen molar-refractivity contribution in [2.24, 2.45) is 0 Å². The molecule has 2 aromatic heterocycles. The number of pyridine rings is 2. The van der Waals surface area contributed by atoms with E-state index in [1.165, 1.54) is 0 Å². The van der Waals surface area contributed by atoms with Gasteiger partial charge in [0.05, 0.1) is 17.4 Å². The molecule has 0 fully saturated rings. The molecule has 2 aromatic rings. The van der Waals surface area contributed by atoms with Crippen LogP contribution in [0.3, 0.4) is 0 Å². The van der Waals surface area contributed by atoms with Crippen molar-refractivity contribution < 1.29 is 9.53 Å². The Kier molecular flexibility index (Phi) is 5.36. The van der Waals surface area contributed by atoms with Gasteiger partial charge in [-0.25, -0.2) is 4.79 Å². The van der Waals surface area contributed by atoms with Crippen LogP contribution in [0.15, 0.2) is 41.1 Å². The fourth-order valence-corrected chi connectivity index (χ4v) is 2.30. The number of carbonyl (C=O) groups excluding carboxylic acids is 1. The molecular weight excluding hydrogens is 358 g/mol. The number of aromatic nitrogens is 2. The van der Waals surface area contributed by atoms with E-state index in [1.807, 2.05) is 52.0 Å². The summed E-state index contributed by atoms with van der Waals surface area (Å²) in [5.74, 6) is 0. The maximum Gasteiger partial charge on any atom is 0.408 e. The van der Waals surface area contributed by atoms with Crippen LogP contribution in [0.4, 0.5) is 4.79 Å². The first-order valence-electron chi connectivity index (χ1n) is 7.32. The summed E-state index contributed by atoms with van der Waals surface area (Å²) in [5.41, 5.74) is 1.88. The molecule has 0 saturated heterocycles. The molecule has 0 aliphatic rings. The average Bonchev–Trinajstić information content (AvgIpc) is 2.46. The smallest absolute Gasteiger partial charge is 0.408 e. The minimum Gasteiger partial charge on any atom is -0.444 e. The Morgan fingerprint density at radius 1 is 1.26 bits per heavy atom. The number of amides is 1. The highest BCUT2D eigenvalue weighted by Crippen LogP contribution is 2.26.